The Kier molecular flexibility index (Phi) is 14.7. The highest BCUT2D eigenvalue weighted by atomic mass is 24.3. The lowest BCUT2D eigenvalue weighted by Crippen LogP contribution is -1.53. The standard InChI is InChI=1S/C5H9.Mg.2H/c1-3-5-4-2;;;/h3H,1-2,4-5H2;;;. The van der Waals surface area contributed by atoms with Crippen LogP contribution < -0.4 is 0 Å². The average molecular weight is 95.4 g/mol. The van der Waals surface area contributed by atoms with E-state index in [0.717, 1.165) is 12.8 Å². The van der Waals surface area contributed by atoms with Crippen molar-refractivity contribution in [3.8, 4) is 0 Å². The van der Waals surface area contributed by atoms with Crippen LogP contribution in [0.5, 0.6) is 0 Å². The summed E-state index contributed by atoms with van der Waals surface area (Å²) in [5.41, 5.74) is 0. The van der Waals surface area contributed by atoms with Gasteiger partial charge in [-0.05, 0) is 12.8 Å². The number of unbranched alkanes of at least 4 members (excludes halogenated alkanes) is 1. The van der Waals surface area contributed by atoms with Crippen LogP contribution in [0.15, 0.2) is 12.7 Å². The van der Waals surface area contributed by atoms with Crippen molar-refractivity contribution in [1.82, 2.24) is 0 Å². The highest BCUT2D eigenvalue weighted by Gasteiger charge is 1.61. The van der Waals surface area contributed by atoms with Gasteiger partial charge in [0.2, 0.25) is 0 Å². The Hall–Kier alpha value is 0.506. The molecule has 6 heavy (non-hydrogen) atoms. The first-order valence-electron chi connectivity index (χ1n) is 1.82. The van der Waals surface area contributed by atoms with Crippen LogP contribution in [0.4, 0.5) is 0 Å². The summed E-state index contributed by atoms with van der Waals surface area (Å²) in [6.07, 6.45) is 3.89. The van der Waals surface area contributed by atoms with Crippen molar-refractivity contribution in [3.05, 3.63) is 19.6 Å². The van der Waals surface area contributed by atoms with Gasteiger partial charge in [-0.3, -0.25) is 0 Å². The summed E-state index contributed by atoms with van der Waals surface area (Å²) in [7, 11) is 0. The third-order valence-electron chi connectivity index (χ3n) is 0.408. The van der Waals surface area contributed by atoms with Crippen LogP contribution in [-0.4, -0.2) is 23.1 Å². The molecule has 0 heterocycles. The number of rotatable bonds is 2. The number of allylic oxidation sites excluding steroid dienone is 1. The minimum absolute atomic E-state index is 0. The molecule has 0 rings (SSSR count). The second-order valence-electron chi connectivity index (χ2n) is 0.931. The second kappa shape index (κ2) is 9.09. The Morgan fingerprint density at radius 1 is 1.50 bits per heavy atom. The molecule has 0 spiro atoms. The molecule has 0 unspecified atom stereocenters. The van der Waals surface area contributed by atoms with E-state index < -0.39 is 0 Å². The lowest BCUT2D eigenvalue weighted by Gasteiger charge is -1.72. The van der Waals surface area contributed by atoms with E-state index in [-0.39, 0.29) is 23.1 Å². The van der Waals surface area contributed by atoms with E-state index in [1.807, 2.05) is 6.08 Å². The molecule has 0 atom stereocenters. The molecule has 0 nitrogen and oxygen atoms in total. The summed E-state index contributed by atoms with van der Waals surface area (Å²) in [5, 5.41) is 0. The van der Waals surface area contributed by atoms with Crippen LogP contribution in [0, 0.1) is 6.92 Å². The van der Waals surface area contributed by atoms with Gasteiger partial charge in [0, 0.05) is 0 Å². The fourth-order valence-electron chi connectivity index (χ4n) is 0.144. The molecule has 0 N–H and O–H groups in total. The first kappa shape index (κ1) is 9.71. The Morgan fingerprint density at radius 2 is 2.00 bits per heavy atom. The van der Waals surface area contributed by atoms with Crippen molar-refractivity contribution >= 4 is 23.1 Å². The fraction of sp³-hybridized carbons (Fsp3) is 0.400. The van der Waals surface area contributed by atoms with Crippen molar-refractivity contribution in [1.29, 1.82) is 0 Å². The first-order valence-corrected chi connectivity index (χ1v) is 1.82. The third-order valence-corrected chi connectivity index (χ3v) is 0.408. The van der Waals surface area contributed by atoms with Gasteiger partial charge in [-0.1, -0.05) is 13.0 Å². The fourth-order valence-corrected chi connectivity index (χ4v) is 0.144. The molecule has 0 saturated carbocycles. The van der Waals surface area contributed by atoms with E-state index in [9.17, 15) is 0 Å². The van der Waals surface area contributed by atoms with Crippen molar-refractivity contribution in [2.75, 3.05) is 0 Å². The predicted octanol–water partition coefficient (Wildman–Crippen LogP) is 0.870. The molecule has 0 aliphatic rings. The largest absolute Gasteiger partial charge is 0.316 e. The van der Waals surface area contributed by atoms with E-state index in [4.69, 9.17) is 0 Å². The summed E-state index contributed by atoms with van der Waals surface area (Å²) < 4.78 is 0. The summed E-state index contributed by atoms with van der Waals surface area (Å²) in [4.78, 5) is 0. The average Bonchev–Trinajstić information content (AvgIpc) is 1.41. The van der Waals surface area contributed by atoms with Gasteiger partial charge in [0.1, 0.15) is 0 Å². The minimum Gasteiger partial charge on any atom is -0.103 e. The third kappa shape index (κ3) is 8.82. The van der Waals surface area contributed by atoms with E-state index in [0.29, 0.717) is 0 Å². The van der Waals surface area contributed by atoms with Crippen molar-refractivity contribution in [2.24, 2.45) is 0 Å². The van der Waals surface area contributed by atoms with Gasteiger partial charge >= 0.3 is 23.1 Å². The molecule has 0 aromatic heterocycles. The Morgan fingerprint density at radius 3 is 2.00 bits per heavy atom. The zero-order valence-corrected chi connectivity index (χ0v) is 3.41. The predicted molar refractivity (Wildman–Crippen MR) is 33.3 cm³/mol. The van der Waals surface area contributed by atoms with Crippen LogP contribution in [0.25, 0.3) is 0 Å². The highest BCUT2D eigenvalue weighted by molar-refractivity contribution is 5.75. The summed E-state index contributed by atoms with van der Waals surface area (Å²) in [6.45, 7) is 7.11. The monoisotopic (exact) mass is 95.1 g/mol. The molecule has 0 amide bonds. The smallest absolute Gasteiger partial charge is 0.103 e. The molecular weight excluding hydrogens is 84.4 g/mol. The number of hydrogen-bond acceptors (Lipinski definition) is 0. The zero-order valence-electron chi connectivity index (χ0n) is 3.41. The van der Waals surface area contributed by atoms with Gasteiger partial charge in [0.15, 0.2) is 0 Å². The second-order valence-corrected chi connectivity index (χ2v) is 0.931. The molecule has 1 radical (unpaired) electrons. The van der Waals surface area contributed by atoms with Crippen LogP contribution in [0.3, 0.4) is 0 Å². The molecule has 0 saturated heterocycles. The topological polar surface area (TPSA) is 0 Å². The van der Waals surface area contributed by atoms with Crippen LogP contribution in [0.1, 0.15) is 12.8 Å². The molecule has 1 heteroatoms. The highest BCUT2D eigenvalue weighted by Crippen LogP contribution is 1.81. The Balaban J connectivity index is 0. The van der Waals surface area contributed by atoms with Crippen molar-refractivity contribution in [2.45, 2.75) is 12.8 Å². The van der Waals surface area contributed by atoms with Gasteiger partial charge in [-0.2, -0.15) is 0 Å². The maximum atomic E-state index is 3.60. The minimum atomic E-state index is 0. The lowest BCUT2D eigenvalue weighted by atomic mass is 10.3. The molecule has 0 aromatic carbocycles. The van der Waals surface area contributed by atoms with E-state index >= 15 is 0 Å². The van der Waals surface area contributed by atoms with Crippen molar-refractivity contribution < 1.29 is 0 Å². The molecule has 0 aromatic rings. The zero-order chi connectivity index (χ0) is 4.12. The van der Waals surface area contributed by atoms with Crippen molar-refractivity contribution in [3.63, 3.8) is 0 Å². The quantitative estimate of drug-likeness (QED) is 0.353. The van der Waals surface area contributed by atoms with Gasteiger partial charge in [0.25, 0.3) is 0 Å². The maximum absolute atomic E-state index is 3.60. The normalized spacial score (nSPS) is 6.17. The summed E-state index contributed by atoms with van der Waals surface area (Å²) in [6, 6.07) is 0. The first-order chi connectivity index (χ1) is 2.41. The van der Waals surface area contributed by atoms with Gasteiger partial charge in [0.05, 0.1) is 0 Å². The van der Waals surface area contributed by atoms with Crippen LogP contribution in [0.2, 0.25) is 0 Å². The molecule has 0 aliphatic heterocycles. The Bertz CT molecular complexity index is 25.1. The maximum Gasteiger partial charge on any atom is 0.316 e. The van der Waals surface area contributed by atoms with Gasteiger partial charge in [-0.15, -0.1) is 6.58 Å². The van der Waals surface area contributed by atoms with Gasteiger partial charge in [-0.25, -0.2) is 0 Å². The molecule has 0 bridgehead atoms. The molecular formula is C5H11Mg. The SMILES string of the molecule is [CH2]CCC=C.[MgH2]. The molecule has 0 aliphatic carbocycles. The van der Waals surface area contributed by atoms with E-state index in [1.54, 1.807) is 0 Å². The number of hydrogen-bond donors (Lipinski definition) is 0. The molecule has 33 valence electrons. The van der Waals surface area contributed by atoms with Crippen LogP contribution in [-0.2, 0) is 0 Å². The Labute approximate surface area is 55.8 Å². The van der Waals surface area contributed by atoms with E-state index in [2.05, 4.69) is 13.5 Å². The van der Waals surface area contributed by atoms with E-state index in [1.165, 1.54) is 0 Å². The van der Waals surface area contributed by atoms with Crippen LogP contribution >= 0.6 is 0 Å². The lowest BCUT2D eigenvalue weighted by molar-refractivity contribution is 1.05. The summed E-state index contributed by atoms with van der Waals surface area (Å²) in [5.74, 6) is 0. The molecule has 0 fully saturated rings. The van der Waals surface area contributed by atoms with Gasteiger partial charge < -0.3 is 0 Å². The summed E-state index contributed by atoms with van der Waals surface area (Å²) >= 11 is 0.